The first-order valence-electron chi connectivity index (χ1n) is 10.7. The first-order chi connectivity index (χ1) is 14.5. The highest BCUT2D eigenvalue weighted by molar-refractivity contribution is 7.95. The lowest BCUT2D eigenvalue weighted by Gasteiger charge is -2.43. The van der Waals surface area contributed by atoms with E-state index in [0.717, 1.165) is 42.5 Å². The fourth-order valence-electron chi connectivity index (χ4n) is 4.78. The van der Waals surface area contributed by atoms with E-state index < -0.39 is 14.5 Å². The van der Waals surface area contributed by atoms with Gasteiger partial charge in [0.1, 0.15) is 22.5 Å². The van der Waals surface area contributed by atoms with Crippen molar-refractivity contribution in [1.82, 2.24) is 15.0 Å². The first-order valence-corrected chi connectivity index (χ1v) is 12.4. The third kappa shape index (κ3) is 3.67. The zero-order chi connectivity index (χ0) is 21.2. The van der Waals surface area contributed by atoms with Crippen molar-refractivity contribution in [3.8, 4) is 6.07 Å². The molecule has 0 aromatic carbocycles. The standard InChI is InChI=1S/C21H30N6O2S/c1-3-26-30(28,21(9-10-22)13-29-14-21)12-16-4-6-17(7-5-16)27(2)20-18-8-11-23-19(18)24-15-25-20/h8,11,15-17H,3-7,9,12-14H2,1-2H3,(H,23,24,25). The summed E-state index contributed by atoms with van der Waals surface area (Å²) < 4.78 is 23.2. The Labute approximate surface area is 178 Å². The molecule has 2 fully saturated rings. The monoisotopic (exact) mass is 430 g/mol. The minimum absolute atomic E-state index is 0.258. The maximum absolute atomic E-state index is 13.9. The highest BCUT2D eigenvalue weighted by Gasteiger charge is 2.49. The molecule has 2 aliphatic rings. The third-order valence-electron chi connectivity index (χ3n) is 6.64. The van der Waals surface area contributed by atoms with Crippen molar-refractivity contribution in [3.63, 3.8) is 0 Å². The van der Waals surface area contributed by atoms with Gasteiger partial charge in [-0.3, -0.25) is 0 Å². The second-order valence-corrected chi connectivity index (χ2v) is 11.2. The van der Waals surface area contributed by atoms with Gasteiger partial charge in [0.15, 0.2) is 0 Å². The Bertz CT molecular complexity index is 1040. The van der Waals surface area contributed by atoms with Gasteiger partial charge in [-0.1, -0.05) is 0 Å². The average Bonchev–Trinajstić information content (AvgIpc) is 3.19. The van der Waals surface area contributed by atoms with Gasteiger partial charge in [0.25, 0.3) is 0 Å². The van der Waals surface area contributed by atoms with Crippen LogP contribution < -0.4 is 4.90 Å². The van der Waals surface area contributed by atoms with E-state index in [1.54, 1.807) is 6.33 Å². The van der Waals surface area contributed by atoms with Crippen LogP contribution in [0.4, 0.5) is 5.82 Å². The molecule has 1 aliphatic heterocycles. The molecular weight excluding hydrogens is 400 g/mol. The number of hydrogen-bond acceptors (Lipinski definition) is 7. The summed E-state index contributed by atoms with van der Waals surface area (Å²) in [7, 11) is -0.376. The Kier molecular flexibility index (Phi) is 5.98. The summed E-state index contributed by atoms with van der Waals surface area (Å²) in [5.41, 5.74) is 0.854. The fourth-order valence-corrected chi connectivity index (χ4v) is 7.73. The molecule has 0 radical (unpaired) electrons. The number of fused-ring (bicyclic) bond motifs is 1. The summed E-state index contributed by atoms with van der Waals surface area (Å²) in [6, 6.07) is 4.64. The Balaban J connectivity index is 1.44. The predicted octanol–water partition coefficient (Wildman–Crippen LogP) is 3.12. The first kappa shape index (κ1) is 21.1. The number of nitriles is 1. The van der Waals surface area contributed by atoms with Crippen LogP contribution in [-0.4, -0.2) is 62.5 Å². The summed E-state index contributed by atoms with van der Waals surface area (Å²) >= 11 is 0. The number of anilines is 1. The van der Waals surface area contributed by atoms with Gasteiger partial charge in [-0.2, -0.15) is 5.26 Å². The minimum Gasteiger partial charge on any atom is -0.378 e. The lowest BCUT2D eigenvalue weighted by Crippen LogP contribution is -2.57. The van der Waals surface area contributed by atoms with Crippen molar-refractivity contribution in [2.45, 2.75) is 49.8 Å². The zero-order valence-electron chi connectivity index (χ0n) is 17.7. The topological polar surface area (TPSA) is 107 Å². The van der Waals surface area contributed by atoms with E-state index in [1.807, 2.05) is 19.2 Å². The molecular formula is C21H30N6O2S. The number of aromatic nitrogens is 3. The molecule has 8 nitrogen and oxygen atoms in total. The van der Waals surface area contributed by atoms with Crippen LogP contribution in [0.15, 0.2) is 23.0 Å². The minimum atomic E-state index is -2.48. The van der Waals surface area contributed by atoms with Crippen molar-refractivity contribution in [2.75, 3.05) is 37.5 Å². The summed E-state index contributed by atoms with van der Waals surface area (Å²) in [5, 5.41) is 10.3. The van der Waals surface area contributed by atoms with E-state index in [2.05, 4.69) is 37.3 Å². The molecule has 1 aliphatic carbocycles. The van der Waals surface area contributed by atoms with Crippen LogP contribution >= 0.6 is 0 Å². The Morgan fingerprint density at radius 2 is 2.13 bits per heavy atom. The second kappa shape index (κ2) is 8.52. The van der Waals surface area contributed by atoms with E-state index in [-0.39, 0.29) is 6.42 Å². The second-order valence-electron chi connectivity index (χ2n) is 8.49. The van der Waals surface area contributed by atoms with Crippen molar-refractivity contribution in [1.29, 1.82) is 5.26 Å². The molecule has 0 bridgehead atoms. The number of aromatic amines is 1. The molecule has 0 spiro atoms. The van der Waals surface area contributed by atoms with Gasteiger partial charge < -0.3 is 14.6 Å². The highest BCUT2D eigenvalue weighted by atomic mass is 32.2. The van der Waals surface area contributed by atoms with Crippen molar-refractivity contribution < 1.29 is 8.95 Å². The van der Waals surface area contributed by atoms with Crippen LogP contribution in [0.5, 0.6) is 0 Å². The molecule has 1 unspecified atom stereocenters. The fraction of sp³-hybridized carbons (Fsp3) is 0.667. The molecule has 1 saturated carbocycles. The van der Waals surface area contributed by atoms with Gasteiger partial charge in [-0.05, 0) is 44.6 Å². The number of nitrogens with one attached hydrogen (secondary N) is 1. The van der Waals surface area contributed by atoms with Crippen molar-refractivity contribution in [2.24, 2.45) is 10.3 Å². The van der Waals surface area contributed by atoms with E-state index in [4.69, 9.17) is 4.74 Å². The maximum atomic E-state index is 13.9. The van der Waals surface area contributed by atoms with Gasteiger partial charge in [-0.25, -0.2) is 18.5 Å². The Hall–Kier alpha value is -2.18. The molecule has 2 aromatic rings. The molecule has 2 aromatic heterocycles. The molecule has 1 N–H and O–H groups in total. The number of hydrogen-bond donors (Lipinski definition) is 1. The quantitative estimate of drug-likeness (QED) is 0.723. The van der Waals surface area contributed by atoms with E-state index in [0.29, 0.717) is 37.5 Å². The predicted molar refractivity (Wildman–Crippen MR) is 118 cm³/mol. The molecule has 4 rings (SSSR count). The smallest absolute Gasteiger partial charge is 0.142 e. The van der Waals surface area contributed by atoms with Crippen LogP contribution in [0.1, 0.15) is 39.0 Å². The van der Waals surface area contributed by atoms with Gasteiger partial charge in [-0.15, -0.1) is 0 Å². The lowest BCUT2D eigenvalue weighted by atomic mass is 9.86. The van der Waals surface area contributed by atoms with E-state index in [1.165, 1.54) is 0 Å². The summed E-state index contributed by atoms with van der Waals surface area (Å²) in [5.74, 6) is 1.90. The number of H-pyrrole nitrogens is 1. The van der Waals surface area contributed by atoms with Crippen LogP contribution in [0.2, 0.25) is 0 Å². The molecule has 1 atom stereocenters. The number of nitrogens with zero attached hydrogens (tertiary/aromatic N) is 5. The lowest BCUT2D eigenvalue weighted by molar-refractivity contribution is -0.01000. The average molecular weight is 431 g/mol. The van der Waals surface area contributed by atoms with Crippen molar-refractivity contribution >= 4 is 26.6 Å². The SMILES string of the molecule is CCN=S(=O)(CC1CCC(N(C)c2ncnc3[nH]ccc23)CC1)C1(CC#N)COC1. The van der Waals surface area contributed by atoms with E-state index in [9.17, 15) is 9.47 Å². The Morgan fingerprint density at radius 3 is 2.77 bits per heavy atom. The van der Waals surface area contributed by atoms with E-state index >= 15 is 0 Å². The highest BCUT2D eigenvalue weighted by Crippen LogP contribution is 2.38. The molecule has 0 amide bonds. The molecule has 162 valence electrons. The van der Waals surface area contributed by atoms with Gasteiger partial charge in [0.2, 0.25) is 0 Å². The molecule has 9 heteroatoms. The van der Waals surface area contributed by atoms with Crippen LogP contribution in [0, 0.1) is 17.2 Å². The third-order valence-corrected chi connectivity index (χ3v) is 9.97. The summed E-state index contributed by atoms with van der Waals surface area (Å²) in [4.78, 5) is 14.2. The Morgan fingerprint density at radius 1 is 1.37 bits per heavy atom. The van der Waals surface area contributed by atoms with Gasteiger partial charge in [0.05, 0.1) is 40.8 Å². The van der Waals surface area contributed by atoms with Gasteiger partial charge >= 0.3 is 0 Å². The largest absolute Gasteiger partial charge is 0.378 e. The van der Waals surface area contributed by atoms with Crippen LogP contribution in [0.3, 0.4) is 0 Å². The van der Waals surface area contributed by atoms with Gasteiger partial charge in [0, 0.05) is 31.6 Å². The molecule has 3 heterocycles. The number of ether oxygens (including phenoxy) is 1. The summed E-state index contributed by atoms with van der Waals surface area (Å²) in [6.45, 7) is 3.22. The van der Waals surface area contributed by atoms with Crippen LogP contribution in [0.25, 0.3) is 11.0 Å². The van der Waals surface area contributed by atoms with Crippen LogP contribution in [-0.2, 0) is 14.5 Å². The zero-order valence-corrected chi connectivity index (χ0v) is 18.5. The number of rotatable bonds is 7. The summed E-state index contributed by atoms with van der Waals surface area (Å²) in [6.07, 6.45) is 7.83. The molecule has 30 heavy (non-hydrogen) atoms. The normalized spacial score (nSPS) is 25.1. The maximum Gasteiger partial charge on any atom is 0.142 e. The van der Waals surface area contributed by atoms with Crippen molar-refractivity contribution in [3.05, 3.63) is 18.6 Å². The molecule has 1 saturated heterocycles.